The molecule has 1 atom stereocenters. The molecule has 19 heavy (non-hydrogen) atoms. The van der Waals surface area contributed by atoms with Crippen LogP contribution in [0, 0.1) is 29.9 Å². The SMILES string of the molecule is Cc1cc(C(=O)N2CCNCC2C#N)c(F)cc1F. The second-order valence-electron chi connectivity index (χ2n) is 4.43. The molecule has 1 N–H and O–H groups in total. The van der Waals surface area contributed by atoms with Crippen molar-refractivity contribution in [3.63, 3.8) is 0 Å². The summed E-state index contributed by atoms with van der Waals surface area (Å²) >= 11 is 0. The van der Waals surface area contributed by atoms with Crippen LogP contribution in [-0.4, -0.2) is 36.5 Å². The molecular formula is C13H13F2N3O. The Hall–Kier alpha value is -2.00. The first-order chi connectivity index (χ1) is 9.04. The van der Waals surface area contributed by atoms with Crippen LogP contribution in [0.1, 0.15) is 15.9 Å². The van der Waals surface area contributed by atoms with Gasteiger partial charge in [-0.25, -0.2) is 8.78 Å². The molecule has 0 spiro atoms. The largest absolute Gasteiger partial charge is 0.320 e. The molecule has 1 aromatic carbocycles. The number of carbonyl (C=O) groups excluding carboxylic acids is 1. The highest BCUT2D eigenvalue weighted by Crippen LogP contribution is 2.17. The van der Waals surface area contributed by atoms with Gasteiger partial charge in [0.2, 0.25) is 0 Å². The number of piperazine rings is 1. The minimum absolute atomic E-state index is 0.193. The number of nitriles is 1. The third-order valence-corrected chi connectivity index (χ3v) is 3.13. The van der Waals surface area contributed by atoms with E-state index < -0.39 is 23.6 Å². The van der Waals surface area contributed by atoms with E-state index in [0.717, 1.165) is 0 Å². The van der Waals surface area contributed by atoms with Crippen molar-refractivity contribution in [1.29, 1.82) is 5.26 Å². The zero-order valence-electron chi connectivity index (χ0n) is 10.4. The maximum Gasteiger partial charge on any atom is 0.258 e. The van der Waals surface area contributed by atoms with E-state index in [2.05, 4.69) is 5.32 Å². The second kappa shape index (κ2) is 5.33. The molecule has 0 saturated carbocycles. The predicted octanol–water partition coefficient (Wildman–Crippen LogP) is 1.21. The summed E-state index contributed by atoms with van der Waals surface area (Å²) in [6, 6.07) is 3.25. The van der Waals surface area contributed by atoms with Gasteiger partial charge in [0, 0.05) is 25.7 Å². The topological polar surface area (TPSA) is 56.1 Å². The van der Waals surface area contributed by atoms with Crippen molar-refractivity contribution in [1.82, 2.24) is 10.2 Å². The lowest BCUT2D eigenvalue weighted by Crippen LogP contribution is -2.53. The van der Waals surface area contributed by atoms with Crippen LogP contribution in [0.4, 0.5) is 8.78 Å². The number of nitrogens with one attached hydrogen (secondary N) is 1. The summed E-state index contributed by atoms with van der Waals surface area (Å²) in [6.45, 7) is 2.69. The van der Waals surface area contributed by atoms with E-state index in [0.29, 0.717) is 25.7 Å². The molecule has 1 saturated heterocycles. The summed E-state index contributed by atoms with van der Waals surface area (Å²) < 4.78 is 26.9. The van der Waals surface area contributed by atoms with Gasteiger partial charge in [0.25, 0.3) is 5.91 Å². The highest BCUT2D eigenvalue weighted by molar-refractivity contribution is 5.95. The van der Waals surface area contributed by atoms with Crippen LogP contribution in [0.5, 0.6) is 0 Å². The lowest BCUT2D eigenvalue weighted by Gasteiger charge is -2.32. The maximum atomic E-state index is 13.7. The van der Waals surface area contributed by atoms with Gasteiger partial charge in [0.05, 0.1) is 11.6 Å². The van der Waals surface area contributed by atoms with Gasteiger partial charge in [-0.3, -0.25) is 4.79 Å². The monoisotopic (exact) mass is 265 g/mol. The average Bonchev–Trinajstić information content (AvgIpc) is 2.42. The van der Waals surface area contributed by atoms with Crippen molar-refractivity contribution in [3.05, 3.63) is 34.9 Å². The fourth-order valence-electron chi connectivity index (χ4n) is 2.04. The van der Waals surface area contributed by atoms with E-state index >= 15 is 0 Å². The first-order valence-electron chi connectivity index (χ1n) is 5.91. The zero-order chi connectivity index (χ0) is 14.0. The van der Waals surface area contributed by atoms with E-state index in [4.69, 9.17) is 5.26 Å². The molecule has 0 radical (unpaired) electrons. The molecule has 1 heterocycles. The molecule has 2 rings (SSSR count). The molecule has 1 aliphatic rings. The van der Waals surface area contributed by atoms with Gasteiger partial charge >= 0.3 is 0 Å². The highest BCUT2D eigenvalue weighted by atomic mass is 19.1. The first-order valence-corrected chi connectivity index (χ1v) is 5.91. The van der Waals surface area contributed by atoms with Crippen LogP contribution >= 0.6 is 0 Å². The zero-order valence-corrected chi connectivity index (χ0v) is 10.4. The molecule has 0 bridgehead atoms. The van der Waals surface area contributed by atoms with E-state index in [1.807, 2.05) is 6.07 Å². The van der Waals surface area contributed by atoms with Gasteiger partial charge in [-0.05, 0) is 18.6 Å². The van der Waals surface area contributed by atoms with Crippen LogP contribution in [-0.2, 0) is 0 Å². The number of hydrogen-bond donors (Lipinski definition) is 1. The van der Waals surface area contributed by atoms with Crippen molar-refractivity contribution < 1.29 is 13.6 Å². The highest BCUT2D eigenvalue weighted by Gasteiger charge is 2.29. The number of rotatable bonds is 1. The Morgan fingerprint density at radius 3 is 2.89 bits per heavy atom. The van der Waals surface area contributed by atoms with Crippen LogP contribution in [0.15, 0.2) is 12.1 Å². The molecule has 1 fully saturated rings. The van der Waals surface area contributed by atoms with Crippen molar-refractivity contribution in [3.8, 4) is 6.07 Å². The van der Waals surface area contributed by atoms with Gasteiger partial charge in [0.15, 0.2) is 0 Å². The lowest BCUT2D eigenvalue weighted by atomic mass is 10.1. The fraction of sp³-hybridized carbons (Fsp3) is 0.385. The number of aryl methyl sites for hydroxylation is 1. The number of halogens is 2. The molecule has 0 aliphatic carbocycles. The number of hydrogen-bond acceptors (Lipinski definition) is 3. The molecular weight excluding hydrogens is 252 g/mol. The fourth-order valence-corrected chi connectivity index (χ4v) is 2.04. The minimum atomic E-state index is -0.900. The minimum Gasteiger partial charge on any atom is -0.320 e. The molecule has 6 heteroatoms. The Morgan fingerprint density at radius 1 is 1.47 bits per heavy atom. The Labute approximate surface area is 109 Å². The summed E-state index contributed by atoms with van der Waals surface area (Å²) in [7, 11) is 0. The predicted molar refractivity (Wildman–Crippen MR) is 64.4 cm³/mol. The van der Waals surface area contributed by atoms with Crippen molar-refractivity contribution >= 4 is 5.91 Å². The average molecular weight is 265 g/mol. The summed E-state index contributed by atoms with van der Waals surface area (Å²) in [5, 5.41) is 12.0. The van der Waals surface area contributed by atoms with Crippen LogP contribution in [0.3, 0.4) is 0 Å². The van der Waals surface area contributed by atoms with Crippen molar-refractivity contribution in [2.45, 2.75) is 13.0 Å². The molecule has 1 aromatic rings. The van der Waals surface area contributed by atoms with Crippen molar-refractivity contribution in [2.24, 2.45) is 0 Å². The molecule has 4 nitrogen and oxygen atoms in total. The standard InChI is InChI=1S/C13H13F2N3O/c1-8-4-10(12(15)5-11(8)14)13(19)18-3-2-17-7-9(18)6-16/h4-5,9,17H,2-3,7H2,1H3. The van der Waals surface area contributed by atoms with E-state index in [9.17, 15) is 13.6 Å². The Bertz CT molecular complexity index is 554. The normalized spacial score (nSPS) is 19.1. The molecule has 1 amide bonds. The van der Waals surface area contributed by atoms with Gasteiger partial charge < -0.3 is 10.2 Å². The Kier molecular flexibility index (Phi) is 3.76. The van der Waals surface area contributed by atoms with Crippen LogP contribution < -0.4 is 5.32 Å². The summed E-state index contributed by atoms with van der Waals surface area (Å²) in [5.41, 5.74) is 0.00874. The van der Waals surface area contributed by atoms with Gasteiger partial charge in [0.1, 0.15) is 17.7 Å². The number of carbonyl (C=O) groups is 1. The number of nitrogens with zero attached hydrogens (tertiary/aromatic N) is 2. The molecule has 100 valence electrons. The second-order valence-corrected chi connectivity index (χ2v) is 4.43. The van der Waals surface area contributed by atoms with E-state index in [1.54, 1.807) is 0 Å². The molecule has 1 unspecified atom stereocenters. The van der Waals surface area contributed by atoms with Gasteiger partial charge in [-0.15, -0.1) is 0 Å². The quantitative estimate of drug-likeness (QED) is 0.830. The first kappa shape index (κ1) is 13.4. The third-order valence-electron chi connectivity index (χ3n) is 3.13. The van der Waals surface area contributed by atoms with E-state index in [-0.39, 0.29) is 11.1 Å². The Balaban J connectivity index is 2.33. The van der Waals surface area contributed by atoms with Crippen molar-refractivity contribution in [2.75, 3.05) is 19.6 Å². The van der Waals surface area contributed by atoms with Crippen LogP contribution in [0.25, 0.3) is 0 Å². The summed E-state index contributed by atoms with van der Waals surface area (Å²) in [5.74, 6) is -2.16. The maximum absolute atomic E-state index is 13.7. The van der Waals surface area contributed by atoms with Gasteiger partial charge in [-0.1, -0.05) is 0 Å². The van der Waals surface area contributed by atoms with E-state index in [1.165, 1.54) is 17.9 Å². The van der Waals surface area contributed by atoms with Gasteiger partial charge in [-0.2, -0.15) is 5.26 Å². The Morgan fingerprint density at radius 2 is 2.21 bits per heavy atom. The summed E-state index contributed by atoms with van der Waals surface area (Å²) in [4.78, 5) is 13.5. The number of amides is 1. The number of benzene rings is 1. The van der Waals surface area contributed by atoms with Crippen LogP contribution in [0.2, 0.25) is 0 Å². The smallest absolute Gasteiger partial charge is 0.258 e. The molecule has 0 aromatic heterocycles. The third kappa shape index (κ3) is 2.56. The molecule has 1 aliphatic heterocycles. The lowest BCUT2D eigenvalue weighted by molar-refractivity contribution is 0.0682. The summed E-state index contributed by atoms with van der Waals surface area (Å²) in [6.07, 6.45) is 0.